The second-order valence-electron chi connectivity index (χ2n) is 4.61. The lowest BCUT2D eigenvalue weighted by Crippen LogP contribution is -2.36. The van der Waals surface area contributed by atoms with Crippen LogP contribution in [0, 0.1) is 0 Å². The zero-order valence-electron chi connectivity index (χ0n) is 10.6. The molecule has 0 radical (unpaired) electrons. The summed E-state index contributed by atoms with van der Waals surface area (Å²) in [4.78, 5) is 7.62. The Labute approximate surface area is 116 Å². The molecular weight excluding hydrogens is 286 g/mol. The van der Waals surface area contributed by atoms with E-state index in [4.69, 9.17) is 5.84 Å². The first-order valence-electron chi connectivity index (χ1n) is 5.87. The van der Waals surface area contributed by atoms with Gasteiger partial charge in [0, 0.05) is 11.3 Å². The SMILES string of the molecule is CC1(CNS(=O)(=O)c2cnc(NN)nc2)CCCS1. The van der Waals surface area contributed by atoms with Gasteiger partial charge in [-0.1, -0.05) is 0 Å². The fraction of sp³-hybridized carbons (Fsp3) is 0.600. The van der Waals surface area contributed by atoms with E-state index in [1.807, 2.05) is 0 Å². The van der Waals surface area contributed by atoms with E-state index in [-0.39, 0.29) is 15.6 Å². The van der Waals surface area contributed by atoms with Gasteiger partial charge in [0.05, 0.1) is 12.4 Å². The maximum atomic E-state index is 12.1. The molecule has 2 heterocycles. The van der Waals surface area contributed by atoms with Crippen LogP contribution in [0.2, 0.25) is 0 Å². The second kappa shape index (κ2) is 5.61. The highest BCUT2D eigenvalue weighted by Crippen LogP contribution is 2.37. The van der Waals surface area contributed by atoms with Crippen molar-refractivity contribution in [3.63, 3.8) is 0 Å². The van der Waals surface area contributed by atoms with E-state index in [9.17, 15) is 8.42 Å². The highest BCUT2D eigenvalue weighted by Gasteiger charge is 2.31. The normalized spacial score (nSPS) is 23.5. The molecule has 2 rings (SSSR count). The van der Waals surface area contributed by atoms with Crippen molar-refractivity contribution in [1.82, 2.24) is 14.7 Å². The number of nitrogens with two attached hydrogens (primary N) is 1. The number of hydrogen-bond acceptors (Lipinski definition) is 7. The quantitative estimate of drug-likeness (QED) is 0.531. The minimum atomic E-state index is -3.57. The monoisotopic (exact) mass is 303 g/mol. The molecule has 106 valence electrons. The first kappa shape index (κ1) is 14.5. The van der Waals surface area contributed by atoms with E-state index >= 15 is 0 Å². The minimum absolute atomic E-state index is 0.0211. The molecule has 7 nitrogen and oxygen atoms in total. The molecule has 0 aliphatic carbocycles. The molecule has 1 aromatic rings. The van der Waals surface area contributed by atoms with Crippen LogP contribution >= 0.6 is 11.8 Å². The molecule has 9 heteroatoms. The molecule has 1 unspecified atom stereocenters. The van der Waals surface area contributed by atoms with Gasteiger partial charge in [-0.25, -0.2) is 29.0 Å². The summed E-state index contributed by atoms with van der Waals surface area (Å²) in [6.45, 7) is 2.49. The predicted octanol–water partition coefficient (Wildman–Crippen LogP) is 0.326. The number of hydrazine groups is 1. The Kier molecular flexibility index (Phi) is 4.29. The van der Waals surface area contributed by atoms with E-state index in [1.165, 1.54) is 12.4 Å². The minimum Gasteiger partial charge on any atom is -0.292 e. The van der Waals surface area contributed by atoms with Crippen molar-refractivity contribution in [2.75, 3.05) is 17.7 Å². The molecule has 1 aromatic heterocycles. The molecule has 1 saturated heterocycles. The molecule has 0 amide bonds. The van der Waals surface area contributed by atoms with Gasteiger partial charge in [0.2, 0.25) is 16.0 Å². The molecule has 0 spiro atoms. The Hall–Kier alpha value is -0.900. The van der Waals surface area contributed by atoms with Gasteiger partial charge < -0.3 is 0 Å². The van der Waals surface area contributed by atoms with E-state index in [0.29, 0.717) is 6.54 Å². The van der Waals surface area contributed by atoms with E-state index in [2.05, 4.69) is 27.0 Å². The van der Waals surface area contributed by atoms with Crippen molar-refractivity contribution in [1.29, 1.82) is 0 Å². The molecule has 1 aliphatic rings. The van der Waals surface area contributed by atoms with Gasteiger partial charge in [0.1, 0.15) is 4.90 Å². The molecule has 1 atom stereocenters. The van der Waals surface area contributed by atoms with Gasteiger partial charge in [-0.3, -0.25) is 5.43 Å². The number of nitrogens with zero attached hydrogens (tertiary/aromatic N) is 2. The number of nitrogens with one attached hydrogen (secondary N) is 2. The maximum Gasteiger partial charge on any atom is 0.243 e. The number of sulfonamides is 1. The van der Waals surface area contributed by atoms with Gasteiger partial charge in [-0.05, 0) is 25.5 Å². The van der Waals surface area contributed by atoms with Gasteiger partial charge in [-0.15, -0.1) is 0 Å². The smallest absolute Gasteiger partial charge is 0.243 e. The molecule has 1 aliphatic heterocycles. The van der Waals surface area contributed by atoms with E-state index in [1.54, 1.807) is 11.8 Å². The summed E-state index contributed by atoms with van der Waals surface area (Å²) < 4.78 is 26.8. The zero-order valence-corrected chi connectivity index (χ0v) is 12.2. The highest BCUT2D eigenvalue weighted by atomic mass is 32.2. The summed E-state index contributed by atoms with van der Waals surface area (Å²) in [6.07, 6.45) is 4.61. The Morgan fingerprint density at radius 2 is 2.16 bits per heavy atom. The van der Waals surface area contributed by atoms with Gasteiger partial charge in [0.25, 0.3) is 0 Å². The zero-order chi connectivity index (χ0) is 13.9. The van der Waals surface area contributed by atoms with Crippen molar-refractivity contribution >= 4 is 27.7 Å². The number of nitrogen functional groups attached to an aromatic ring is 1. The van der Waals surface area contributed by atoms with Crippen LogP contribution in [0.25, 0.3) is 0 Å². The van der Waals surface area contributed by atoms with Crippen LogP contribution < -0.4 is 16.0 Å². The van der Waals surface area contributed by atoms with Crippen LogP contribution in [-0.4, -0.2) is 35.4 Å². The molecule has 0 saturated carbocycles. The Morgan fingerprint density at radius 3 is 2.68 bits per heavy atom. The highest BCUT2D eigenvalue weighted by molar-refractivity contribution is 8.01. The third-order valence-electron chi connectivity index (χ3n) is 3.00. The predicted molar refractivity (Wildman–Crippen MR) is 75.1 cm³/mol. The third kappa shape index (κ3) is 3.56. The van der Waals surface area contributed by atoms with Crippen LogP contribution in [0.4, 0.5) is 5.95 Å². The summed E-state index contributed by atoms with van der Waals surface area (Å²) in [7, 11) is -3.57. The largest absolute Gasteiger partial charge is 0.292 e. The number of thioether (sulfide) groups is 1. The summed E-state index contributed by atoms with van der Waals surface area (Å²) >= 11 is 1.80. The summed E-state index contributed by atoms with van der Waals surface area (Å²) in [5.74, 6) is 6.38. The molecule has 0 bridgehead atoms. The Balaban J connectivity index is 2.05. The number of rotatable bonds is 5. The average Bonchev–Trinajstić information content (AvgIpc) is 2.84. The summed E-state index contributed by atoms with van der Waals surface area (Å²) in [5, 5.41) is 0. The Bertz CT molecular complexity index is 525. The van der Waals surface area contributed by atoms with E-state index < -0.39 is 10.0 Å². The maximum absolute atomic E-state index is 12.1. The third-order valence-corrected chi connectivity index (χ3v) is 5.90. The van der Waals surface area contributed by atoms with Crippen molar-refractivity contribution < 1.29 is 8.42 Å². The van der Waals surface area contributed by atoms with Crippen molar-refractivity contribution in [3.05, 3.63) is 12.4 Å². The summed E-state index contributed by atoms with van der Waals surface area (Å²) in [5.41, 5.74) is 2.25. The van der Waals surface area contributed by atoms with Gasteiger partial charge >= 0.3 is 0 Å². The van der Waals surface area contributed by atoms with Crippen LogP contribution in [0.5, 0.6) is 0 Å². The standard InChI is InChI=1S/C10H17N5O2S2/c1-10(3-2-4-18-10)7-14-19(16,17)8-5-12-9(15-11)13-6-8/h5-6,14H,2-4,7,11H2,1H3,(H,12,13,15). The molecular formula is C10H17N5O2S2. The fourth-order valence-electron chi connectivity index (χ4n) is 1.84. The molecule has 0 aromatic carbocycles. The molecule has 4 N–H and O–H groups in total. The van der Waals surface area contributed by atoms with Crippen LogP contribution in [0.3, 0.4) is 0 Å². The first-order chi connectivity index (χ1) is 8.95. The number of anilines is 1. The number of hydrogen-bond donors (Lipinski definition) is 3. The average molecular weight is 303 g/mol. The second-order valence-corrected chi connectivity index (χ2v) is 8.06. The van der Waals surface area contributed by atoms with Gasteiger partial charge in [0.15, 0.2) is 0 Å². The Morgan fingerprint density at radius 1 is 1.47 bits per heavy atom. The van der Waals surface area contributed by atoms with E-state index in [0.717, 1.165) is 18.6 Å². The number of aromatic nitrogens is 2. The van der Waals surface area contributed by atoms with Crippen LogP contribution in [0.1, 0.15) is 19.8 Å². The van der Waals surface area contributed by atoms with Crippen LogP contribution in [-0.2, 0) is 10.0 Å². The summed E-state index contributed by atoms with van der Waals surface area (Å²) in [6, 6.07) is 0. The lowest BCUT2D eigenvalue weighted by Gasteiger charge is -2.22. The topological polar surface area (TPSA) is 110 Å². The van der Waals surface area contributed by atoms with Gasteiger partial charge in [-0.2, -0.15) is 11.8 Å². The van der Waals surface area contributed by atoms with Crippen molar-refractivity contribution in [2.24, 2.45) is 5.84 Å². The van der Waals surface area contributed by atoms with Crippen LogP contribution in [0.15, 0.2) is 17.3 Å². The lowest BCUT2D eigenvalue weighted by molar-refractivity contribution is 0.552. The fourth-order valence-corrected chi connectivity index (χ4v) is 4.23. The lowest BCUT2D eigenvalue weighted by atomic mass is 10.1. The van der Waals surface area contributed by atoms with Crippen molar-refractivity contribution in [3.8, 4) is 0 Å². The molecule has 19 heavy (non-hydrogen) atoms. The molecule has 1 fully saturated rings. The van der Waals surface area contributed by atoms with Crippen molar-refractivity contribution in [2.45, 2.75) is 29.4 Å². The first-order valence-corrected chi connectivity index (χ1v) is 8.34.